The van der Waals surface area contributed by atoms with E-state index < -0.39 is 5.97 Å². The van der Waals surface area contributed by atoms with E-state index >= 15 is 0 Å². The number of hydrogen-bond donors (Lipinski definition) is 1. The maximum absolute atomic E-state index is 12.9. The molecule has 1 N–H and O–H groups in total. The quantitative estimate of drug-likeness (QED) is 0.847. The fourth-order valence-electron chi connectivity index (χ4n) is 3.30. The third-order valence-corrected chi connectivity index (χ3v) is 5.31. The van der Waals surface area contributed by atoms with Crippen LogP contribution < -0.4 is 0 Å². The molecule has 0 unspecified atom stereocenters. The van der Waals surface area contributed by atoms with Crippen molar-refractivity contribution >= 4 is 23.5 Å². The van der Waals surface area contributed by atoms with Crippen LogP contribution in [-0.4, -0.2) is 57.5 Å². The van der Waals surface area contributed by atoms with Crippen LogP contribution in [0.5, 0.6) is 0 Å². The van der Waals surface area contributed by atoms with Crippen LogP contribution in [0.15, 0.2) is 24.3 Å². The van der Waals surface area contributed by atoms with Crippen LogP contribution in [0.3, 0.4) is 0 Å². The average molecular weight is 392 g/mol. The highest BCUT2D eigenvalue weighted by atomic mass is 35.5. The molecule has 8 heteroatoms. The van der Waals surface area contributed by atoms with Gasteiger partial charge in [-0.05, 0) is 51.0 Å². The summed E-state index contributed by atoms with van der Waals surface area (Å²) in [5.74, 6) is -1.31. The minimum Gasteiger partial charge on any atom is -0.480 e. The Hall–Kier alpha value is -2.38. The molecule has 0 saturated carbocycles. The van der Waals surface area contributed by atoms with E-state index in [0.29, 0.717) is 36.6 Å². The second kappa shape index (κ2) is 8.10. The lowest BCUT2D eigenvalue weighted by Crippen LogP contribution is -2.46. The summed E-state index contributed by atoms with van der Waals surface area (Å²) in [6, 6.07) is 6.82. The Morgan fingerprint density at radius 3 is 2.41 bits per heavy atom. The van der Waals surface area contributed by atoms with Crippen LogP contribution >= 0.6 is 11.6 Å². The number of hydrogen-bond acceptors (Lipinski definition) is 4. The van der Waals surface area contributed by atoms with E-state index in [1.165, 1.54) is 4.90 Å². The molecule has 0 radical (unpaired) electrons. The van der Waals surface area contributed by atoms with Crippen LogP contribution in [0.1, 0.15) is 34.6 Å². The minimum atomic E-state index is -1.02. The highest BCUT2D eigenvalue weighted by Gasteiger charge is 2.28. The van der Waals surface area contributed by atoms with Crippen LogP contribution in [0, 0.1) is 13.8 Å². The number of ether oxygens (including phenoxy) is 1. The monoisotopic (exact) mass is 391 g/mol. The normalized spacial score (nSPS) is 14.9. The first-order chi connectivity index (χ1) is 12.9. The minimum absolute atomic E-state index is 0.128. The Morgan fingerprint density at radius 1 is 1.26 bits per heavy atom. The fraction of sp³-hybridized carbons (Fsp3) is 0.421. The summed E-state index contributed by atoms with van der Waals surface area (Å²) < 4.78 is 7.04. The van der Waals surface area contributed by atoms with Crippen molar-refractivity contribution < 1.29 is 19.4 Å². The molecule has 0 aliphatic carbocycles. The maximum Gasteiger partial charge on any atom is 0.323 e. The lowest BCUT2D eigenvalue weighted by atomic mass is 10.0. The van der Waals surface area contributed by atoms with E-state index in [1.807, 2.05) is 13.8 Å². The number of aryl methyl sites for hydroxylation is 1. The van der Waals surface area contributed by atoms with Gasteiger partial charge >= 0.3 is 5.97 Å². The molecule has 1 aliphatic heterocycles. The molecule has 2 heterocycles. The van der Waals surface area contributed by atoms with Crippen molar-refractivity contribution in [1.29, 1.82) is 0 Å². The van der Waals surface area contributed by atoms with Gasteiger partial charge in [0.25, 0.3) is 5.91 Å². The second-order valence-electron chi connectivity index (χ2n) is 6.61. The molecule has 0 atom stereocenters. The molecule has 0 spiro atoms. The third-order valence-electron chi connectivity index (χ3n) is 4.76. The van der Waals surface area contributed by atoms with Crippen LogP contribution in [0.25, 0.3) is 5.69 Å². The third kappa shape index (κ3) is 4.14. The SMILES string of the molecule is Cc1nn(-c2ccc(C(=O)N(CC(=O)O)C3CCOCC3)cc2)c(C)c1Cl. The van der Waals surface area contributed by atoms with Crippen molar-refractivity contribution in [1.82, 2.24) is 14.7 Å². The summed E-state index contributed by atoms with van der Waals surface area (Å²) in [5, 5.41) is 14.2. The Bertz CT molecular complexity index is 841. The number of nitrogens with zero attached hydrogens (tertiary/aromatic N) is 3. The van der Waals surface area contributed by atoms with Gasteiger partial charge in [0.15, 0.2) is 0 Å². The van der Waals surface area contributed by atoms with Crippen LogP contribution in [0.2, 0.25) is 5.02 Å². The van der Waals surface area contributed by atoms with Crippen LogP contribution in [-0.2, 0) is 9.53 Å². The second-order valence-corrected chi connectivity index (χ2v) is 6.99. The molecule has 3 rings (SSSR count). The van der Waals surface area contributed by atoms with Crippen molar-refractivity contribution in [2.24, 2.45) is 0 Å². The number of benzene rings is 1. The van der Waals surface area contributed by atoms with Gasteiger partial charge in [0, 0.05) is 24.8 Å². The van der Waals surface area contributed by atoms with Gasteiger partial charge in [-0.3, -0.25) is 9.59 Å². The summed E-state index contributed by atoms with van der Waals surface area (Å²) in [7, 11) is 0. The number of carbonyl (C=O) groups excluding carboxylic acids is 1. The Kier molecular flexibility index (Phi) is 5.82. The summed E-state index contributed by atoms with van der Waals surface area (Å²) in [6.07, 6.45) is 1.28. The zero-order chi connectivity index (χ0) is 19.6. The lowest BCUT2D eigenvalue weighted by Gasteiger charge is -2.33. The van der Waals surface area contributed by atoms with Gasteiger partial charge in [-0.25, -0.2) is 4.68 Å². The Morgan fingerprint density at radius 2 is 1.89 bits per heavy atom. The van der Waals surface area contributed by atoms with E-state index in [9.17, 15) is 14.7 Å². The molecule has 1 saturated heterocycles. The van der Waals surface area contributed by atoms with Crippen LogP contribution in [0.4, 0.5) is 0 Å². The van der Waals surface area contributed by atoms with Gasteiger partial charge in [0.05, 0.1) is 22.1 Å². The smallest absolute Gasteiger partial charge is 0.323 e. The van der Waals surface area contributed by atoms with Crippen molar-refractivity contribution in [3.05, 3.63) is 46.2 Å². The molecule has 1 aromatic carbocycles. The summed E-state index contributed by atoms with van der Waals surface area (Å²) in [5.41, 5.74) is 2.79. The number of carboxylic acids is 1. The molecule has 1 aromatic heterocycles. The Labute approximate surface area is 162 Å². The number of halogens is 1. The van der Waals surface area contributed by atoms with Gasteiger partial charge in [0.1, 0.15) is 6.54 Å². The number of aliphatic carboxylic acids is 1. The first kappa shape index (κ1) is 19.4. The topological polar surface area (TPSA) is 84.7 Å². The number of carboxylic acid groups (broad SMARTS) is 1. The molecule has 1 fully saturated rings. The van der Waals surface area contributed by atoms with E-state index in [-0.39, 0.29) is 18.5 Å². The first-order valence-electron chi connectivity index (χ1n) is 8.81. The molecule has 2 aromatic rings. The zero-order valence-corrected chi connectivity index (χ0v) is 16.1. The fourth-order valence-corrected chi connectivity index (χ4v) is 3.41. The predicted molar refractivity (Wildman–Crippen MR) is 101 cm³/mol. The molecule has 1 amide bonds. The predicted octanol–water partition coefficient (Wildman–Crippen LogP) is 2.85. The van der Waals surface area contributed by atoms with Gasteiger partial charge in [-0.2, -0.15) is 5.10 Å². The number of carbonyl (C=O) groups is 2. The van der Waals surface area contributed by atoms with Gasteiger partial charge in [-0.15, -0.1) is 0 Å². The van der Waals surface area contributed by atoms with E-state index in [0.717, 1.165) is 17.1 Å². The van der Waals surface area contributed by atoms with Gasteiger partial charge in [0.2, 0.25) is 0 Å². The molecule has 27 heavy (non-hydrogen) atoms. The summed E-state index contributed by atoms with van der Waals surface area (Å²) in [6.45, 7) is 4.46. The van der Waals surface area contributed by atoms with Crippen molar-refractivity contribution in [2.45, 2.75) is 32.7 Å². The molecule has 1 aliphatic rings. The number of amides is 1. The van der Waals surface area contributed by atoms with E-state index in [1.54, 1.807) is 28.9 Å². The maximum atomic E-state index is 12.9. The van der Waals surface area contributed by atoms with Crippen molar-refractivity contribution in [2.75, 3.05) is 19.8 Å². The van der Waals surface area contributed by atoms with Gasteiger partial charge in [-0.1, -0.05) is 11.6 Å². The average Bonchev–Trinajstić information content (AvgIpc) is 2.93. The van der Waals surface area contributed by atoms with E-state index in [4.69, 9.17) is 16.3 Å². The first-order valence-corrected chi connectivity index (χ1v) is 9.19. The van der Waals surface area contributed by atoms with E-state index in [2.05, 4.69) is 5.10 Å². The highest BCUT2D eigenvalue weighted by molar-refractivity contribution is 6.31. The standard InChI is InChI=1S/C19H22ClN3O4/c1-12-18(20)13(2)23(21-12)16-5-3-14(4-6-16)19(26)22(11-17(24)25)15-7-9-27-10-8-15/h3-6,15H,7-11H2,1-2H3,(H,24,25). The van der Waals surface area contributed by atoms with Crippen molar-refractivity contribution in [3.63, 3.8) is 0 Å². The largest absolute Gasteiger partial charge is 0.480 e. The molecular formula is C19H22ClN3O4. The van der Waals surface area contributed by atoms with Crippen molar-refractivity contribution in [3.8, 4) is 5.69 Å². The molecular weight excluding hydrogens is 370 g/mol. The number of aromatic nitrogens is 2. The summed E-state index contributed by atoms with van der Waals surface area (Å²) in [4.78, 5) is 25.6. The molecule has 0 bridgehead atoms. The number of rotatable bonds is 5. The Balaban J connectivity index is 1.84. The lowest BCUT2D eigenvalue weighted by molar-refractivity contribution is -0.138. The van der Waals surface area contributed by atoms with Gasteiger partial charge < -0.3 is 14.7 Å². The highest BCUT2D eigenvalue weighted by Crippen LogP contribution is 2.23. The molecule has 7 nitrogen and oxygen atoms in total. The summed E-state index contributed by atoms with van der Waals surface area (Å²) >= 11 is 6.20. The molecule has 144 valence electrons. The zero-order valence-electron chi connectivity index (χ0n) is 15.3.